The molecule has 114 valence electrons. The molecule has 1 aliphatic rings. The van der Waals surface area contributed by atoms with Crippen LogP contribution in [0, 0.1) is 5.82 Å². The predicted molar refractivity (Wildman–Crippen MR) is 83.7 cm³/mol. The molecular formula is C17H15FO3S. The lowest BCUT2D eigenvalue weighted by molar-refractivity contribution is 0.157. The Bertz CT molecular complexity index is 779. The second-order valence-electron chi connectivity index (χ2n) is 5.68. The van der Waals surface area contributed by atoms with E-state index in [0.717, 1.165) is 16.7 Å². The molecule has 1 heterocycles. The summed E-state index contributed by atoms with van der Waals surface area (Å²) in [5.41, 5.74) is 2.05. The average molecular weight is 318 g/mol. The second kappa shape index (κ2) is 5.34. The van der Waals surface area contributed by atoms with Gasteiger partial charge in [0.2, 0.25) is 0 Å². The Hall–Kier alpha value is -1.98. The summed E-state index contributed by atoms with van der Waals surface area (Å²) in [5.74, 6) is 0.258. The minimum Gasteiger partial charge on any atom is -0.483 e. The van der Waals surface area contributed by atoms with Crippen LogP contribution in [0.4, 0.5) is 4.39 Å². The van der Waals surface area contributed by atoms with Gasteiger partial charge >= 0.3 is 0 Å². The van der Waals surface area contributed by atoms with Crippen LogP contribution in [0.3, 0.4) is 0 Å². The first-order valence-electron chi connectivity index (χ1n) is 6.79. The Morgan fingerprint density at radius 1 is 1.14 bits per heavy atom. The second-order valence-corrected chi connectivity index (χ2v) is 6.65. The first-order chi connectivity index (χ1) is 10.4. The summed E-state index contributed by atoms with van der Waals surface area (Å²) in [6.07, 6.45) is 1.97. The number of rotatable bonds is 2. The van der Waals surface area contributed by atoms with Crippen molar-refractivity contribution in [3.05, 3.63) is 65.5 Å². The van der Waals surface area contributed by atoms with E-state index >= 15 is 0 Å². The molecule has 1 N–H and O–H groups in total. The van der Waals surface area contributed by atoms with Gasteiger partial charge in [-0.25, -0.2) is 8.60 Å². The van der Waals surface area contributed by atoms with Crippen LogP contribution >= 0.6 is 0 Å². The molecule has 3 nitrogen and oxygen atoms in total. The molecular weight excluding hydrogens is 303 g/mol. The molecule has 2 aromatic carbocycles. The summed E-state index contributed by atoms with van der Waals surface area (Å²) in [6, 6.07) is 11.2. The number of hydrogen-bond donors (Lipinski definition) is 1. The number of benzene rings is 2. The van der Waals surface area contributed by atoms with Crippen molar-refractivity contribution in [3.63, 3.8) is 0 Å². The molecule has 1 aliphatic heterocycles. The summed E-state index contributed by atoms with van der Waals surface area (Å²) in [6.45, 7) is 3.81. The Kier molecular flexibility index (Phi) is 3.62. The summed E-state index contributed by atoms with van der Waals surface area (Å²) in [5, 5.41) is 0. The Balaban J connectivity index is 2.16. The fourth-order valence-corrected chi connectivity index (χ4v) is 2.92. The zero-order valence-electron chi connectivity index (χ0n) is 12.2. The highest BCUT2D eigenvalue weighted by atomic mass is 32.2. The van der Waals surface area contributed by atoms with Gasteiger partial charge in [-0.15, -0.1) is 0 Å². The third kappa shape index (κ3) is 2.82. The lowest BCUT2D eigenvalue weighted by Crippen LogP contribution is -2.29. The van der Waals surface area contributed by atoms with E-state index in [1.807, 2.05) is 19.9 Å². The maximum atomic E-state index is 13.1. The van der Waals surface area contributed by atoms with Gasteiger partial charge in [-0.3, -0.25) is 0 Å². The SMILES string of the molecule is CC1(C)C=C(c2ccc(F)cc2)c2ccc(S(=O)O)cc2O1. The molecule has 0 radical (unpaired) electrons. The minimum atomic E-state index is -2.06. The summed E-state index contributed by atoms with van der Waals surface area (Å²) >= 11 is -2.06. The van der Waals surface area contributed by atoms with Gasteiger partial charge < -0.3 is 9.29 Å². The van der Waals surface area contributed by atoms with E-state index in [1.54, 1.807) is 30.3 Å². The molecule has 0 spiro atoms. The van der Waals surface area contributed by atoms with E-state index in [9.17, 15) is 13.2 Å². The van der Waals surface area contributed by atoms with Gasteiger partial charge in [-0.05, 0) is 61.4 Å². The molecule has 5 heteroatoms. The molecule has 0 bridgehead atoms. The fraction of sp³-hybridized carbons (Fsp3) is 0.176. The molecule has 0 aromatic heterocycles. The van der Waals surface area contributed by atoms with Gasteiger partial charge in [0.05, 0.1) is 4.90 Å². The summed E-state index contributed by atoms with van der Waals surface area (Å²) in [7, 11) is 0. The summed E-state index contributed by atoms with van der Waals surface area (Å²) < 4.78 is 39.5. The number of fused-ring (bicyclic) bond motifs is 1. The van der Waals surface area contributed by atoms with Gasteiger partial charge in [0.1, 0.15) is 17.2 Å². The Morgan fingerprint density at radius 3 is 2.45 bits per heavy atom. The van der Waals surface area contributed by atoms with Crippen molar-refractivity contribution in [1.29, 1.82) is 0 Å². The predicted octanol–water partition coefficient (Wildman–Crippen LogP) is 4.01. The number of halogens is 1. The van der Waals surface area contributed by atoms with Crippen LogP contribution in [0.5, 0.6) is 5.75 Å². The normalized spacial score (nSPS) is 17.2. The smallest absolute Gasteiger partial charge is 0.186 e. The molecule has 0 aliphatic carbocycles. The van der Waals surface area contributed by atoms with Crippen LogP contribution in [0.1, 0.15) is 25.0 Å². The van der Waals surface area contributed by atoms with Crippen molar-refractivity contribution >= 4 is 16.7 Å². The third-order valence-electron chi connectivity index (χ3n) is 3.47. The van der Waals surface area contributed by atoms with Crippen molar-refractivity contribution < 1.29 is 17.9 Å². The van der Waals surface area contributed by atoms with E-state index in [0.29, 0.717) is 5.75 Å². The monoisotopic (exact) mass is 318 g/mol. The first-order valence-corrected chi connectivity index (χ1v) is 7.89. The highest BCUT2D eigenvalue weighted by Gasteiger charge is 2.27. The summed E-state index contributed by atoms with van der Waals surface area (Å²) in [4.78, 5) is 0.287. The van der Waals surface area contributed by atoms with Crippen LogP contribution in [0.25, 0.3) is 5.57 Å². The minimum absolute atomic E-state index is 0.287. The lowest BCUT2D eigenvalue weighted by atomic mass is 9.90. The molecule has 0 fully saturated rings. The average Bonchev–Trinajstić information content (AvgIpc) is 2.45. The van der Waals surface area contributed by atoms with E-state index < -0.39 is 16.7 Å². The van der Waals surface area contributed by atoms with E-state index in [-0.39, 0.29) is 10.7 Å². The van der Waals surface area contributed by atoms with Gasteiger partial charge in [0.15, 0.2) is 11.1 Å². The number of hydrogen-bond acceptors (Lipinski definition) is 2. The van der Waals surface area contributed by atoms with Crippen LogP contribution in [-0.4, -0.2) is 14.4 Å². The maximum absolute atomic E-state index is 13.1. The fourth-order valence-electron chi connectivity index (χ4n) is 2.52. The zero-order chi connectivity index (χ0) is 15.9. The Morgan fingerprint density at radius 2 is 1.82 bits per heavy atom. The number of ether oxygens (including phenoxy) is 1. The van der Waals surface area contributed by atoms with Crippen molar-refractivity contribution in [1.82, 2.24) is 0 Å². The highest BCUT2D eigenvalue weighted by molar-refractivity contribution is 7.79. The van der Waals surface area contributed by atoms with E-state index in [1.165, 1.54) is 12.1 Å². The molecule has 0 saturated carbocycles. The maximum Gasteiger partial charge on any atom is 0.186 e. The van der Waals surface area contributed by atoms with E-state index in [4.69, 9.17) is 4.74 Å². The van der Waals surface area contributed by atoms with Gasteiger partial charge in [0, 0.05) is 5.56 Å². The molecule has 0 amide bonds. The molecule has 1 unspecified atom stereocenters. The highest BCUT2D eigenvalue weighted by Crippen LogP contribution is 2.40. The Labute approximate surface area is 130 Å². The molecule has 22 heavy (non-hydrogen) atoms. The quantitative estimate of drug-likeness (QED) is 0.851. The largest absolute Gasteiger partial charge is 0.483 e. The molecule has 2 aromatic rings. The molecule has 0 saturated heterocycles. The van der Waals surface area contributed by atoms with Gasteiger partial charge in [-0.1, -0.05) is 12.1 Å². The standard InChI is InChI=1S/C17H15FO3S/c1-17(2)10-15(11-3-5-12(18)6-4-11)14-8-7-13(22(19)20)9-16(14)21-17/h3-10H,1-2H3,(H,19,20). The van der Waals surface area contributed by atoms with Crippen LogP contribution < -0.4 is 4.74 Å². The van der Waals surface area contributed by atoms with Crippen LogP contribution in [0.15, 0.2) is 53.4 Å². The lowest BCUT2D eigenvalue weighted by Gasteiger charge is -2.31. The van der Waals surface area contributed by atoms with Gasteiger partial charge in [0.25, 0.3) is 0 Å². The first kappa shape index (κ1) is 14.9. The molecule has 1 atom stereocenters. The van der Waals surface area contributed by atoms with Gasteiger partial charge in [-0.2, -0.15) is 0 Å². The van der Waals surface area contributed by atoms with Crippen molar-refractivity contribution in [2.24, 2.45) is 0 Å². The van der Waals surface area contributed by atoms with E-state index in [2.05, 4.69) is 0 Å². The van der Waals surface area contributed by atoms with Crippen LogP contribution in [0.2, 0.25) is 0 Å². The molecule has 3 rings (SSSR count). The van der Waals surface area contributed by atoms with Crippen molar-refractivity contribution in [2.45, 2.75) is 24.3 Å². The third-order valence-corrected chi connectivity index (χ3v) is 4.12. The van der Waals surface area contributed by atoms with Crippen molar-refractivity contribution in [3.8, 4) is 5.75 Å². The van der Waals surface area contributed by atoms with Crippen molar-refractivity contribution in [2.75, 3.05) is 0 Å². The topological polar surface area (TPSA) is 46.5 Å². The van der Waals surface area contributed by atoms with Crippen LogP contribution in [-0.2, 0) is 11.1 Å². The zero-order valence-corrected chi connectivity index (χ0v) is 13.0.